The second-order valence-electron chi connectivity index (χ2n) is 4.01. The molecule has 0 radical (unpaired) electrons. The highest BCUT2D eigenvalue weighted by Gasteiger charge is 2.04. The molecule has 0 saturated carbocycles. The molecule has 0 aliphatic carbocycles. The Balaban J connectivity index is 2.52. The van der Waals surface area contributed by atoms with Crippen molar-refractivity contribution < 1.29 is 4.74 Å². The van der Waals surface area contributed by atoms with Gasteiger partial charge in [0.15, 0.2) is 0 Å². The highest BCUT2D eigenvalue weighted by atomic mass is 16.5. The molecule has 2 heteroatoms. The number of ether oxygens (including phenoxy) is 1. The summed E-state index contributed by atoms with van der Waals surface area (Å²) < 4.78 is 5.73. The van der Waals surface area contributed by atoms with Gasteiger partial charge in [-0.25, -0.2) is 0 Å². The van der Waals surface area contributed by atoms with Gasteiger partial charge in [0.1, 0.15) is 5.75 Å². The van der Waals surface area contributed by atoms with Crippen molar-refractivity contribution in [1.82, 2.24) is 4.98 Å². The SMILES string of the molecule is Cc1cc2ccncc2cc1OC(C)C. The van der Waals surface area contributed by atoms with E-state index in [1.54, 1.807) is 0 Å². The minimum absolute atomic E-state index is 0.206. The minimum atomic E-state index is 0.206. The van der Waals surface area contributed by atoms with E-state index in [2.05, 4.69) is 24.0 Å². The van der Waals surface area contributed by atoms with Gasteiger partial charge in [-0.05, 0) is 49.9 Å². The van der Waals surface area contributed by atoms with Crippen LogP contribution in [0.4, 0.5) is 0 Å². The number of hydrogen-bond donors (Lipinski definition) is 0. The third-order valence-corrected chi connectivity index (χ3v) is 2.30. The van der Waals surface area contributed by atoms with Crippen LogP contribution in [0.5, 0.6) is 5.75 Å². The topological polar surface area (TPSA) is 22.1 Å². The number of hydrogen-bond acceptors (Lipinski definition) is 2. The Labute approximate surface area is 89.9 Å². The van der Waals surface area contributed by atoms with Crippen LogP contribution in [0.15, 0.2) is 30.6 Å². The fraction of sp³-hybridized carbons (Fsp3) is 0.308. The number of rotatable bonds is 2. The van der Waals surface area contributed by atoms with Crippen LogP contribution in [-0.4, -0.2) is 11.1 Å². The molecular formula is C13H15NO. The van der Waals surface area contributed by atoms with E-state index < -0.39 is 0 Å². The van der Waals surface area contributed by atoms with Crippen LogP contribution in [0.3, 0.4) is 0 Å². The molecule has 0 aliphatic rings. The summed E-state index contributed by atoms with van der Waals surface area (Å²) in [6, 6.07) is 6.20. The van der Waals surface area contributed by atoms with Gasteiger partial charge in [0.05, 0.1) is 6.10 Å². The van der Waals surface area contributed by atoms with Gasteiger partial charge in [-0.1, -0.05) is 0 Å². The number of aromatic nitrogens is 1. The van der Waals surface area contributed by atoms with Crippen LogP contribution in [0, 0.1) is 6.92 Å². The Morgan fingerprint density at radius 1 is 1.20 bits per heavy atom. The van der Waals surface area contributed by atoms with Crippen molar-refractivity contribution in [3.05, 3.63) is 36.2 Å². The fourth-order valence-corrected chi connectivity index (χ4v) is 1.61. The average Bonchev–Trinajstić information content (AvgIpc) is 2.18. The highest BCUT2D eigenvalue weighted by molar-refractivity contribution is 5.83. The van der Waals surface area contributed by atoms with E-state index in [0.717, 1.165) is 11.1 Å². The number of pyridine rings is 1. The van der Waals surface area contributed by atoms with Gasteiger partial charge in [-0.15, -0.1) is 0 Å². The summed E-state index contributed by atoms with van der Waals surface area (Å²) in [5.74, 6) is 0.950. The van der Waals surface area contributed by atoms with Crippen molar-refractivity contribution in [1.29, 1.82) is 0 Å². The molecule has 0 amide bonds. The zero-order chi connectivity index (χ0) is 10.8. The van der Waals surface area contributed by atoms with Gasteiger partial charge in [0.2, 0.25) is 0 Å². The second-order valence-corrected chi connectivity index (χ2v) is 4.01. The molecule has 2 aromatic rings. The first-order valence-electron chi connectivity index (χ1n) is 5.18. The summed E-state index contributed by atoms with van der Waals surface area (Å²) in [4.78, 5) is 4.11. The van der Waals surface area contributed by atoms with Gasteiger partial charge in [0, 0.05) is 17.8 Å². The maximum Gasteiger partial charge on any atom is 0.123 e. The van der Waals surface area contributed by atoms with Crippen molar-refractivity contribution in [2.75, 3.05) is 0 Å². The highest BCUT2D eigenvalue weighted by Crippen LogP contribution is 2.25. The van der Waals surface area contributed by atoms with Crippen LogP contribution in [0.2, 0.25) is 0 Å². The molecule has 0 saturated heterocycles. The Kier molecular flexibility index (Phi) is 2.58. The summed E-state index contributed by atoms with van der Waals surface area (Å²) in [5.41, 5.74) is 1.17. The zero-order valence-electron chi connectivity index (χ0n) is 9.32. The summed E-state index contributed by atoms with van der Waals surface area (Å²) >= 11 is 0. The van der Waals surface area contributed by atoms with Crippen LogP contribution < -0.4 is 4.74 Å². The lowest BCUT2D eigenvalue weighted by molar-refractivity contribution is 0.241. The third kappa shape index (κ3) is 2.09. The summed E-state index contributed by atoms with van der Waals surface area (Å²) in [6.45, 7) is 6.14. The molecule has 15 heavy (non-hydrogen) atoms. The predicted octanol–water partition coefficient (Wildman–Crippen LogP) is 3.33. The molecule has 2 nitrogen and oxygen atoms in total. The van der Waals surface area contributed by atoms with E-state index in [1.165, 1.54) is 10.9 Å². The Bertz CT molecular complexity index is 477. The number of benzene rings is 1. The standard InChI is InChI=1S/C13H15NO/c1-9(2)15-13-7-12-8-14-5-4-11(12)6-10(13)3/h4-9H,1-3H3. The molecule has 1 aromatic carbocycles. The number of nitrogens with zero attached hydrogens (tertiary/aromatic N) is 1. The lowest BCUT2D eigenvalue weighted by Crippen LogP contribution is -2.06. The van der Waals surface area contributed by atoms with Crippen molar-refractivity contribution in [2.24, 2.45) is 0 Å². The van der Waals surface area contributed by atoms with Gasteiger partial charge in [-0.3, -0.25) is 4.98 Å². The van der Waals surface area contributed by atoms with Gasteiger partial charge < -0.3 is 4.74 Å². The normalized spacial score (nSPS) is 10.9. The first-order valence-corrected chi connectivity index (χ1v) is 5.18. The summed E-state index contributed by atoms with van der Waals surface area (Å²) in [7, 11) is 0. The molecule has 0 N–H and O–H groups in total. The molecule has 0 spiro atoms. The van der Waals surface area contributed by atoms with Crippen LogP contribution in [0.1, 0.15) is 19.4 Å². The smallest absolute Gasteiger partial charge is 0.123 e. The molecule has 2 rings (SSSR count). The largest absolute Gasteiger partial charge is 0.491 e. The lowest BCUT2D eigenvalue weighted by Gasteiger charge is -2.13. The van der Waals surface area contributed by atoms with Crippen LogP contribution in [0.25, 0.3) is 10.8 Å². The molecule has 1 heterocycles. The molecule has 78 valence electrons. The van der Waals surface area contributed by atoms with E-state index in [1.807, 2.05) is 32.3 Å². The van der Waals surface area contributed by atoms with Gasteiger partial charge >= 0.3 is 0 Å². The molecule has 0 atom stereocenters. The van der Waals surface area contributed by atoms with Crippen molar-refractivity contribution >= 4 is 10.8 Å². The van der Waals surface area contributed by atoms with Crippen molar-refractivity contribution in [3.8, 4) is 5.75 Å². The maximum atomic E-state index is 5.73. The fourth-order valence-electron chi connectivity index (χ4n) is 1.61. The Morgan fingerprint density at radius 3 is 2.73 bits per heavy atom. The van der Waals surface area contributed by atoms with E-state index in [9.17, 15) is 0 Å². The van der Waals surface area contributed by atoms with E-state index in [4.69, 9.17) is 4.74 Å². The first kappa shape index (κ1) is 9.97. The van der Waals surface area contributed by atoms with Crippen molar-refractivity contribution in [3.63, 3.8) is 0 Å². The van der Waals surface area contributed by atoms with E-state index >= 15 is 0 Å². The molecule has 0 bridgehead atoms. The van der Waals surface area contributed by atoms with E-state index in [-0.39, 0.29) is 6.10 Å². The van der Waals surface area contributed by atoms with Gasteiger partial charge in [-0.2, -0.15) is 0 Å². The van der Waals surface area contributed by atoms with Crippen molar-refractivity contribution in [2.45, 2.75) is 26.9 Å². The maximum absolute atomic E-state index is 5.73. The quantitative estimate of drug-likeness (QED) is 0.743. The van der Waals surface area contributed by atoms with Crippen LogP contribution >= 0.6 is 0 Å². The van der Waals surface area contributed by atoms with E-state index in [0.29, 0.717) is 0 Å². The molecule has 1 aromatic heterocycles. The summed E-state index contributed by atoms with van der Waals surface area (Å²) in [5, 5.41) is 2.33. The minimum Gasteiger partial charge on any atom is -0.491 e. The molecular weight excluding hydrogens is 186 g/mol. The monoisotopic (exact) mass is 201 g/mol. The lowest BCUT2D eigenvalue weighted by atomic mass is 10.1. The van der Waals surface area contributed by atoms with Crippen LogP contribution in [-0.2, 0) is 0 Å². The zero-order valence-corrected chi connectivity index (χ0v) is 9.32. The predicted molar refractivity (Wildman–Crippen MR) is 62.2 cm³/mol. The average molecular weight is 201 g/mol. The Morgan fingerprint density at radius 2 is 2.00 bits per heavy atom. The molecule has 0 fully saturated rings. The Hall–Kier alpha value is -1.57. The van der Waals surface area contributed by atoms with Gasteiger partial charge in [0.25, 0.3) is 0 Å². The third-order valence-electron chi connectivity index (χ3n) is 2.30. The summed E-state index contributed by atoms with van der Waals surface area (Å²) in [6.07, 6.45) is 3.88. The number of aryl methyl sites for hydroxylation is 1. The molecule has 0 unspecified atom stereocenters. The second kappa shape index (κ2) is 3.89. The number of fused-ring (bicyclic) bond motifs is 1. The first-order chi connectivity index (χ1) is 7.16. The molecule has 0 aliphatic heterocycles.